The first-order chi connectivity index (χ1) is 11.4. The van der Waals surface area contributed by atoms with Gasteiger partial charge in [0.05, 0.1) is 18.4 Å². The second kappa shape index (κ2) is 6.65. The van der Waals surface area contributed by atoms with Crippen LogP contribution in [-0.2, 0) is 15.6 Å². The maximum Gasteiger partial charge on any atom is 0.251 e. The van der Waals surface area contributed by atoms with Crippen molar-refractivity contribution in [1.29, 1.82) is 0 Å². The number of hydrogen-bond acceptors (Lipinski definition) is 4. The Bertz CT molecular complexity index is 861. The number of sulfone groups is 1. The zero-order valence-corrected chi connectivity index (χ0v) is 14.2. The number of amides is 1. The normalized spacial score (nSPS) is 16.8. The van der Waals surface area contributed by atoms with Crippen LogP contribution in [-0.4, -0.2) is 27.2 Å². The minimum absolute atomic E-state index is 0.0752. The number of nitrogens with one attached hydrogen (secondary N) is 1. The van der Waals surface area contributed by atoms with Crippen LogP contribution in [0.1, 0.15) is 33.9 Å². The lowest BCUT2D eigenvalue weighted by molar-refractivity contribution is 0.0924. The number of benzene rings is 2. The van der Waals surface area contributed by atoms with E-state index in [1.54, 1.807) is 24.3 Å². The SMILES string of the molecule is CS(=O)(=O)Cc1cccc(C(=O)N[C@H]2CCOc3ccccc32)c1. The maximum atomic E-state index is 12.5. The predicted octanol–water partition coefficient (Wildman–Crippen LogP) is 2.48. The Hall–Kier alpha value is -2.34. The highest BCUT2D eigenvalue weighted by Gasteiger charge is 2.23. The molecule has 0 unspecified atom stereocenters. The van der Waals surface area contributed by atoms with E-state index >= 15 is 0 Å². The van der Waals surface area contributed by atoms with Crippen LogP contribution in [0, 0.1) is 0 Å². The van der Waals surface area contributed by atoms with Gasteiger partial charge in [-0.1, -0.05) is 30.3 Å². The number of ether oxygens (including phenoxy) is 1. The summed E-state index contributed by atoms with van der Waals surface area (Å²) >= 11 is 0. The fraction of sp³-hybridized carbons (Fsp3) is 0.278. The van der Waals surface area contributed by atoms with Crippen LogP contribution in [0.15, 0.2) is 48.5 Å². The smallest absolute Gasteiger partial charge is 0.251 e. The van der Waals surface area contributed by atoms with Crippen LogP contribution >= 0.6 is 0 Å². The molecule has 5 nitrogen and oxygen atoms in total. The van der Waals surface area contributed by atoms with Crippen LogP contribution in [0.25, 0.3) is 0 Å². The van der Waals surface area contributed by atoms with Crippen molar-refractivity contribution in [2.24, 2.45) is 0 Å². The van der Waals surface area contributed by atoms with Gasteiger partial charge in [0.15, 0.2) is 9.84 Å². The number of carbonyl (C=O) groups excluding carboxylic acids is 1. The summed E-state index contributed by atoms with van der Waals surface area (Å²) in [6, 6.07) is 14.3. The minimum atomic E-state index is -3.14. The van der Waals surface area contributed by atoms with E-state index in [4.69, 9.17) is 4.74 Å². The minimum Gasteiger partial charge on any atom is -0.493 e. The zero-order valence-electron chi connectivity index (χ0n) is 13.4. The van der Waals surface area contributed by atoms with Crippen molar-refractivity contribution in [2.45, 2.75) is 18.2 Å². The Balaban J connectivity index is 1.78. The first-order valence-electron chi connectivity index (χ1n) is 7.72. The summed E-state index contributed by atoms with van der Waals surface area (Å²) < 4.78 is 28.4. The van der Waals surface area contributed by atoms with E-state index < -0.39 is 9.84 Å². The molecular formula is C18H19NO4S. The molecule has 1 heterocycles. The average Bonchev–Trinajstić information content (AvgIpc) is 2.54. The zero-order chi connectivity index (χ0) is 17.2. The van der Waals surface area contributed by atoms with E-state index in [9.17, 15) is 13.2 Å². The van der Waals surface area contributed by atoms with Crippen LogP contribution < -0.4 is 10.1 Å². The highest BCUT2D eigenvalue weighted by Crippen LogP contribution is 2.31. The number of para-hydroxylation sites is 1. The summed E-state index contributed by atoms with van der Waals surface area (Å²) in [6.07, 6.45) is 1.88. The maximum absolute atomic E-state index is 12.5. The van der Waals surface area contributed by atoms with Gasteiger partial charge in [0.1, 0.15) is 5.75 Å². The van der Waals surface area contributed by atoms with Crippen molar-refractivity contribution >= 4 is 15.7 Å². The lowest BCUT2D eigenvalue weighted by Gasteiger charge is -2.26. The Morgan fingerprint density at radius 2 is 2.00 bits per heavy atom. The summed E-state index contributed by atoms with van der Waals surface area (Å²) in [7, 11) is -3.14. The molecule has 126 valence electrons. The summed E-state index contributed by atoms with van der Waals surface area (Å²) in [6.45, 7) is 0.552. The molecular weight excluding hydrogens is 326 g/mol. The number of carbonyl (C=O) groups is 1. The van der Waals surface area contributed by atoms with Crippen molar-refractivity contribution in [3.63, 3.8) is 0 Å². The van der Waals surface area contributed by atoms with Gasteiger partial charge in [-0.2, -0.15) is 0 Å². The summed E-state index contributed by atoms with van der Waals surface area (Å²) in [4.78, 5) is 12.5. The predicted molar refractivity (Wildman–Crippen MR) is 91.8 cm³/mol. The van der Waals surface area contributed by atoms with Gasteiger partial charge in [0.25, 0.3) is 5.91 Å². The lowest BCUT2D eigenvalue weighted by Crippen LogP contribution is -2.32. The number of hydrogen-bond donors (Lipinski definition) is 1. The Morgan fingerprint density at radius 1 is 1.21 bits per heavy atom. The highest BCUT2D eigenvalue weighted by atomic mass is 32.2. The van der Waals surface area contributed by atoms with Crippen molar-refractivity contribution in [3.05, 3.63) is 65.2 Å². The molecule has 0 aliphatic carbocycles. The Kier molecular flexibility index (Phi) is 4.57. The number of rotatable bonds is 4. The first-order valence-corrected chi connectivity index (χ1v) is 9.78. The Morgan fingerprint density at radius 3 is 2.79 bits per heavy atom. The van der Waals surface area contributed by atoms with Crippen molar-refractivity contribution in [1.82, 2.24) is 5.32 Å². The molecule has 1 amide bonds. The van der Waals surface area contributed by atoms with Crippen LogP contribution in [0.5, 0.6) is 5.75 Å². The molecule has 1 N–H and O–H groups in total. The molecule has 0 aromatic heterocycles. The van der Waals surface area contributed by atoms with Crippen molar-refractivity contribution in [2.75, 3.05) is 12.9 Å². The van der Waals surface area contributed by atoms with Gasteiger partial charge >= 0.3 is 0 Å². The third-order valence-electron chi connectivity index (χ3n) is 3.88. The molecule has 0 radical (unpaired) electrons. The summed E-state index contributed by atoms with van der Waals surface area (Å²) in [5, 5.41) is 3.01. The average molecular weight is 345 g/mol. The van der Waals surface area contributed by atoms with E-state index in [0.717, 1.165) is 11.3 Å². The van der Waals surface area contributed by atoms with E-state index in [2.05, 4.69) is 5.32 Å². The molecule has 0 spiro atoms. The molecule has 0 saturated heterocycles. The van der Waals surface area contributed by atoms with E-state index in [1.807, 2.05) is 24.3 Å². The molecule has 3 rings (SSSR count). The van der Waals surface area contributed by atoms with E-state index in [-0.39, 0.29) is 17.7 Å². The van der Waals surface area contributed by atoms with Crippen molar-refractivity contribution < 1.29 is 17.9 Å². The molecule has 1 aliphatic rings. The third kappa shape index (κ3) is 3.94. The van der Waals surface area contributed by atoms with Crippen LogP contribution in [0.2, 0.25) is 0 Å². The molecule has 1 atom stereocenters. The third-order valence-corrected chi connectivity index (χ3v) is 4.74. The second-order valence-corrected chi connectivity index (χ2v) is 8.11. The van der Waals surface area contributed by atoms with Gasteiger partial charge in [0.2, 0.25) is 0 Å². The van der Waals surface area contributed by atoms with Gasteiger partial charge in [-0.05, 0) is 23.8 Å². The largest absolute Gasteiger partial charge is 0.493 e. The van der Waals surface area contributed by atoms with Gasteiger partial charge < -0.3 is 10.1 Å². The lowest BCUT2D eigenvalue weighted by atomic mass is 10.00. The molecule has 2 aromatic rings. The standard InChI is InChI=1S/C18H19NO4S/c1-24(21,22)12-13-5-4-6-14(11-13)18(20)19-16-9-10-23-17-8-3-2-7-15(16)17/h2-8,11,16H,9-10,12H2,1H3,(H,19,20)/t16-/m0/s1. The molecule has 6 heteroatoms. The van der Waals surface area contributed by atoms with E-state index in [1.165, 1.54) is 6.26 Å². The van der Waals surface area contributed by atoms with Crippen molar-refractivity contribution in [3.8, 4) is 5.75 Å². The van der Waals surface area contributed by atoms with E-state index in [0.29, 0.717) is 24.2 Å². The number of fused-ring (bicyclic) bond motifs is 1. The van der Waals surface area contributed by atoms with Crippen LogP contribution in [0.3, 0.4) is 0 Å². The summed E-state index contributed by atoms with van der Waals surface area (Å²) in [5.41, 5.74) is 2.03. The monoisotopic (exact) mass is 345 g/mol. The fourth-order valence-electron chi connectivity index (χ4n) is 2.84. The molecule has 0 fully saturated rings. The highest BCUT2D eigenvalue weighted by molar-refractivity contribution is 7.89. The second-order valence-electron chi connectivity index (χ2n) is 5.97. The fourth-order valence-corrected chi connectivity index (χ4v) is 3.62. The topological polar surface area (TPSA) is 72.5 Å². The molecule has 0 bridgehead atoms. The first kappa shape index (κ1) is 16.5. The molecule has 0 saturated carbocycles. The molecule has 2 aromatic carbocycles. The van der Waals surface area contributed by atoms with Gasteiger partial charge in [-0.15, -0.1) is 0 Å². The Labute approximate surface area is 141 Å². The summed E-state index contributed by atoms with van der Waals surface area (Å²) in [5.74, 6) is 0.501. The quantitative estimate of drug-likeness (QED) is 0.924. The van der Waals surface area contributed by atoms with Gasteiger partial charge in [0, 0.05) is 23.8 Å². The molecule has 1 aliphatic heterocycles. The van der Waals surface area contributed by atoms with Gasteiger partial charge in [-0.25, -0.2) is 8.42 Å². The van der Waals surface area contributed by atoms with Crippen LogP contribution in [0.4, 0.5) is 0 Å². The molecule has 24 heavy (non-hydrogen) atoms. The van der Waals surface area contributed by atoms with Gasteiger partial charge in [-0.3, -0.25) is 4.79 Å².